The van der Waals surface area contributed by atoms with Crippen LogP contribution in [-0.2, 0) is 14.3 Å². The number of thiocarbonyl (C=S) groups is 1. The monoisotopic (exact) mass is 355 g/mol. The number of aromatic nitrogens is 1. The third kappa shape index (κ3) is 7.44. The third-order valence-electron chi connectivity index (χ3n) is 3.29. The van der Waals surface area contributed by atoms with E-state index in [1.807, 2.05) is 18.2 Å². The number of hydrogen-bond donors (Lipinski definition) is 3. The molecule has 1 aliphatic rings. The molecule has 1 atom stereocenters. The molecule has 1 aliphatic heterocycles. The summed E-state index contributed by atoms with van der Waals surface area (Å²) in [4.78, 5) is 25.7. The predicted octanol–water partition coefficient (Wildman–Crippen LogP) is 0.547. The number of carboxylic acids is 2. The first-order chi connectivity index (χ1) is 11.4. The molecule has 24 heavy (non-hydrogen) atoms. The first-order valence-electron chi connectivity index (χ1n) is 7.36. The first kappa shape index (κ1) is 19.9. The Balaban J connectivity index is 0.000000413. The second kappa shape index (κ2) is 10.6. The molecule has 0 aliphatic carbocycles. The van der Waals surface area contributed by atoms with Gasteiger partial charge in [-0.25, -0.2) is 9.59 Å². The summed E-state index contributed by atoms with van der Waals surface area (Å²) in [5.74, 6) is -3.49. The molecular weight excluding hydrogens is 334 g/mol. The molecule has 0 aromatic carbocycles. The summed E-state index contributed by atoms with van der Waals surface area (Å²) >= 11 is 5.42. The Kier molecular flexibility index (Phi) is 8.84. The van der Waals surface area contributed by atoms with Crippen molar-refractivity contribution < 1.29 is 24.5 Å². The second-order valence-electron chi connectivity index (χ2n) is 5.02. The molecule has 132 valence electrons. The number of ether oxygens (including phenoxy) is 1. The van der Waals surface area contributed by atoms with Crippen molar-refractivity contribution >= 4 is 29.1 Å². The van der Waals surface area contributed by atoms with Crippen molar-refractivity contribution in [3.63, 3.8) is 0 Å². The maximum absolute atomic E-state index is 9.10. The smallest absolute Gasteiger partial charge is 0.414 e. The van der Waals surface area contributed by atoms with Gasteiger partial charge in [0.1, 0.15) is 0 Å². The largest absolute Gasteiger partial charge is 0.473 e. The maximum atomic E-state index is 9.10. The molecule has 2 heterocycles. The van der Waals surface area contributed by atoms with Crippen LogP contribution in [0.1, 0.15) is 18.5 Å². The van der Waals surface area contributed by atoms with Gasteiger partial charge in [0, 0.05) is 30.9 Å². The van der Waals surface area contributed by atoms with E-state index in [1.165, 1.54) is 0 Å². The molecule has 3 N–H and O–H groups in total. The van der Waals surface area contributed by atoms with E-state index in [2.05, 4.69) is 22.1 Å². The number of pyridine rings is 1. The fourth-order valence-corrected chi connectivity index (χ4v) is 2.05. The lowest BCUT2D eigenvalue weighted by molar-refractivity contribution is -0.159. The zero-order chi connectivity index (χ0) is 17.9. The minimum absolute atomic E-state index is 0.155. The van der Waals surface area contributed by atoms with Crippen molar-refractivity contribution in [2.45, 2.75) is 12.8 Å². The molecular formula is C15H21N3O5S. The predicted molar refractivity (Wildman–Crippen MR) is 90.9 cm³/mol. The lowest BCUT2D eigenvalue weighted by Crippen LogP contribution is -2.44. The zero-order valence-corrected chi connectivity index (χ0v) is 14.2. The van der Waals surface area contributed by atoms with E-state index in [4.69, 9.17) is 36.8 Å². The molecule has 0 saturated carbocycles. The zero-order valence-electron chi connectivity index (χ0n) is 13.3. The summed E-state index contributed by atoms with van der Waals surface area (Å²) in [7, 11) is 0. The van der Waals surface area contributed by atoms with E-state index in [0.29, 0.717) is 0 Å². The van der Waals surface area contributed by atoms with Gasteiger partial charge in [0.05, 0.1) is 24.9 Å². The highest BCUT2D eigenvalue weighted by Gasteiger charge is 2.14. The van der Waals surface area contributed by atoms with Gasteiger partial charge >= 0.3 is 11.9 Å². The summed E-state index contributed by atoms with van der Waals surface area (Å²) in [6, 6.07) is 5.91. The Morgan fingerprint density at radius 1 is 1.33 bits per heavy atom. The number of nitrogens with one attached hydrogen (secondary N) is 1. The first-order valence-corrected chi connectivity index (χ1v) is 7.77. The number of rotatable bonds is 4. The van der Waals surface area contributed by atoms with Crippen molar-refractivity contribution in [3.05, 3.63) is 30.1 Å². The minimum Gasteiger partial charge on any atom is -0.473 e. The Morgan fingerprint density at radius 3 is 2.46 bits per heavy atom. The van der Waals surface area contributed by atoms with Crippen LogP contribution >= 0.6 is 12.2 Å². The molecule has 1 aromatic rings. The van der Waals surface area contributed by atoms with Crippen molar-refractivity contribution in [2.75, 3.05) is 33.0 Å². The van der Waals surface area contributed by atoms with Crippen LogP contribution in [0.4, 0.5) is 0 Å². The molecule has 1 aromatic heterocycles. The molecule has 8 nitrogen and oxygen atoms in total. The van der Waals surface area contributed by atoms with Crippen molar-refractivity contribution in [1.82, 2.24) is 15.2 Å². The van der Waals surface area contributed by atoms with E-state index in [1.54, 1.807) is 6.20 Å². The maximum Gasteiger partial charge on any atom is 0.414 e. The van der Waals surface area contributed by atoms with Crippen LogP contribution in [0.5, 0.6) is 0 Å². The fourth-order valence-electron chi connectivity index (χ4n) is 1.87. The van der Waals surface area contributed by atoms with E-state index in [9.17, 15) is 0 Å². The molecule has 0 radical (unpaired) electrons. The molecule has 1 fully saturated rings. The molecule has 1 unspecified atom stereocenters. The average molecular weight is 355 g/mol. The van der Waals surface area contributed by atoms with Crippen molar-refractivity contribution in [2.24, 2.45) is 0 Å². The molecule has 0 amide bonds. The standard InChI is InChI=1S/C13H19N3OS.C2H2O4/c1-11(12-4-2-3-5-14-12)13(18)15-10-16-6-8-17-9-7-16;3-1(4)2(5)6/h2-5,11H,6-10H2,1H3,(H,15,18);(H,3,4)(H,5,6). The summed E-state index contributed by atoms with van der Waals surface area (Å²) < 4.78 is 5.31. The van der Waals surface area contributed by atoms with E-state index >= 15 is 0 Å². The van der Waals surface area contributed by atoms with E-state index < -0.39 is 11.9 Å². The number of morpholine rings is 1. The van der Waals surface area contributed by atoms with Gasteiger partial charge < -0.3 is 20.3 Å². The highest BCUT2D eigenvalue weighted by atomic mass is 32.1. The quantitative estimate of drug-likeness (QED) is 0.526. The van der Waals surface area contributed by atoms with E-state index in [0.717, 1.165) is 43.7 Å². The van der Waals surface area contributed by atoms with Crippen molar-refractivity contribution in [3.8, 4) is 0 Å². The summed E-state index contributed by atoms with van der Waals surface area (Å²) in [5, 5.41) is 18.1. The Labute approximate surface area is 145 Å². The van der Waals surface area contributed by atoms with Gasteiger partial charge in [0.25, 0.3) is 0 Å². The fraction of sp³-hybridized carbons (Fsp3) is 0.467. The lowest BCUT2D eigenvalue weighted by atomic mass is 10.1. The number of hydrogen-bond acceptors (Lipinski definition) is 6. The van der Waals surface area contributed by atoms with Crippen LogP contribution in [0, 0.1) is 0 Å². The summed E-state index contributed by atoms with van der Waals surface area (Å²) in [6.07, 6.45) is 1.80. The van der Waals surface area contributed by atoms with Gasteiger partial charge in [-0.3, -0.25) is 9.88 Å². The van der Waals surface area contributed by atoms with Crippen LogP contribution in [0.3, 0.4) is 0 Å². The molecule has 9 heteroatoms. The second-order valence-corrected chi connectivity index (χ2v) is 5.46. The van der Waals surface area contributed by atoms with Crippen LogP contribution in [-0.4, -0.2) is 70.0 Å². The van der Waals surface area contributed by atoms with Crippen LogP contribution in [0.15, 0.2) is 24.4 Å². The Morgan fingerprint density at radius 2 is 1.96 bits per heavy atom. The average Bonchev–Trinajstić information content (AvgIpc) is 2.61. The van der Waals surface area contributed by atoms with Gasteiger partial charge in [0.15, 0.2) is 0 Å². The lowest BCUT2D eigenvalue weighted by Gasteiger charge is -2.27. The van der Waals surface area contributed by atoms with Gasteiger partial charge in [-0.1, -0.05) is 25.2 Å². The Bertz CT molecular complexity index is 537. The highest BCUT2D eigenvalue weighted by Crippen LogP contribution is 2.12. The summed E-state index contributed by atoms with van der Waals surface area (Å²) in [5.41, 5.74) is 1.01. The number of nitrogens with zero attached hydrogens (tertiary/aromatic N) is 2. The minimum atomic E-state index is -1.82. The summed E-state index contributed by atoms with van der Waals surface area (Å²) in [6.45, 7) is 6.42. The van der Waals surface area contributed by atoms with E-state index in [-0.39, 0.29) is 5.92 Å². The molecule has 1 saturated heterocycles. The number of aliphatic carboxylic acids is 2. The molecule has 0 bridgehead atoms. The van der Waals surface area contributed by atoms with Gasteiger partial charge in [-0.15, -0.1) is 0 Å². The topological polar surface area (TPSA) is 112 Å². The van der Waals surface area contributed by atoms with Gasteiger partial charge in [0.2, 0.25) is 0 Å². The van der Waals surface area contributed by atoms with Crippen LogP contribution < -0.4 is 5.32 Å². The van der Waals surface area contributed by atoms with Crippen molar-refractivity contribution in [1.29, 1.82) is 0 Å². The number of carboxylic acid groups (broad SMARTS) is 2. The third-order valence-corrected chi connectivity index (χ3v) is 3.79. The normalized spacial score (nSPS) is 15.5. The SMILES string of the molecule is CC(C(=S)NCN1CCOCC1)c1ccccn1.O=C(O)C(=O)O. The van der Waals surface area contributed by atoms with Gasteiger partial charge in [-0.05, 0) is 12.1 Å². The Hall–Kier alpha value is -2.10. The molecule has 0 spiro atoms. The highest BCUT2D eigenvalue weighted by molar-refractivity contribution is 7.80. The van der Waals surface area contributed by atoms with Gasteiger partial charge in [-0.2, -0.15) is 0 Å². The number of carbonyl (C=O) groups is 2. The van der Waals surface area contributed by atoms with Crippen LogP contribution in [0.2, 0.25) is 0 Å². The van der Waals surface area contributed by atoms with Crippen LogP contribution in [0.25, 0.3) is 0 Å². The molecule has 2 rings (SSSR count).